The lowest BCUT2D eigenvalue weighted by atomic mass is 10.2. The van der Waals surface area contributed by atoms with Gasteiger partial charge >= 0.3 is 0 Å². The lowest BCUT2D eigenvalue weighted by molar-refractivity contribution is 0.0999. The minimum atomic E-state index is -0.718. The van der Waals surface area contributed by atoms with Crippen LogP contribution in [-0.4, -0.2) is 20.1 Å². The number of hydrogen-bond acceptors (Lipinski definition) is 3. The van der Waals surface area contributed by atoms with Crippen LogP contribution in [0.15, 0.2) is 12.1 Å². The molecule has 0 unspecified atom stereocenters. The van der Waals surface area contributed by atoms with Crippen molar-refractivity contribution in [2.45, 2.75) is 0 Å². The number of benzene rings is 1. The third-order valence-corrected chi connectivity index (χ3v) is 1.72. The number of hydrogen-bond donors (Lipinski definition) is 1. The van der Waals surface area contributed by atoms with Gasteiger partial charge in [0.1, 0.15) is 0 Å². The van der Waals surface area contributed by atoms with E-state index in [2.05, 4.69) is 0 Å². The summed E-state index contributed by atoms with van der Waals surface area (Å²) in [5, 5.41) is 0. The quantitative estimate of drug-likeness (QED) is 0.788. The van der Waals surface area contributed by atoms with Crippen molar-refractivity contribution in [2.24, 2.45) is 5.73 Å². The van der Waals surface area contributed by atoms with Crippen molar-refractivity contribution < 1.29 is 18.7 Å². The first-order valence-electron chi connectivity index (χ1n) is 3.81. The topological polar surface area (TPSA) is 61.5 Å². The van der Waals surface area contributed by atoms with Crippen LogP contribution < -0.4 is 15.2 Å². The van der Waals surface area contributed by atoms with Gasteiger partial charge in [0, 0.05) is 5.56 Å². The third kappa shape index (κ3) is 1.76. The molecule has 0 aliphatic rings. The smallest absolute Gasteiger partial charge is 0.248 e. The van der Waals surface area contributed by atoms with Gasteiger partial charge in [0.25, 0.3) is 0 Å². The van der Waals surface area contributed by atoms with E-state index in [1.54, 1.807) is 0 Å². The Morgan fingerprint density at radius 3 is 2.43 bits per heavy atom. The molecule has 76 valence electrons. The number of methoxy groups -OCH3 is 2. The second-order valence-electron chi connectivity index (χ2n) is 2.56. The molecule has 4 nitrogen and oxygen atoms in total. The zero-order chi connectivity index (χ0) is 10.7. The van der Waals surface area contributed by atoms with Crippen LogP contribution >= 0.6 is 0 Å². The summed E-state index contributed by atoms with van der Waals surface area (Å²) < 4.78 is 22.8. The molecule has 14 heavy (non-hydrogen) atoms. The minimum absolute atomic E-state index is 0.0418. The fourth-order valence-electron chi connectivity index (χ4n) is 1.06. The van der Waals surface area contributed by atoms with E-state index < -0.39 is 11.7 Å². The summed E-state index contributed by atoms with van der Waals surface area (Å²) >= 11 is 0. The highest BCUT2D eigenvalue weighted by Crippen LogP contribution is 2.30. The van der Waals surface area contributed by atoms with Crippen LogP contribution in [0, 0.1) is 5.82 Å². The largest absolute Gasteiger partial charge is 0.493 e. The Balaban J connectivity index is 3.31. The monoisotopic (exact) mass is 199 g/mol. The van der Waals surface area contributed by atoms with Crippen molar-refractivity contribution in [3.05, 3.63) is 23.5 Å². The Morgan fingerprint density at radius 2 is 2.00 bits per heavy atom. The number of rotatable bonds is 3. The number of primary amides is 1. The van der Waals surface area contributed by atoms with E-state index in [1.165, 1.54) is 20.3 Å². The molecule has 0 bridgehead atoms. The van der Waals surface area contributed by atoms with Gasteiger partial charge in [0.05, 0.1) is 14.2 Å². The van der Waals surface area contributed by atoms with Crippen LogP contribution in [0.5, 0.6) is 11.5 Å². The minimum Gasteiger partial charge on any atom is -0.493 e. The van der Waals surface area contributed by atoms with Gasteiger partial charge in [-0.15, -0.1) is 0 Å². The number of nitrogens with two attached hydrogens (primary N) is 1. The van der Waals surface area contributed by atoms with Crippen LogP contribution in [0.4, 0.5) is 4.39 Å². The van der Waals surface area contributed by atoms with Crippen molar-refractivity contribution in [1.82, 2.24) is 0 Å². The highest BCUT2D eigenvalue weighted by atomic mass is 19.1. The average Bonchev–Trinajstić information content (AvgIpc) is 2.16. The van der Waals surface area contributed by atoms with E-state index in [4.69, 9.17) is 15.2 Å². The van der Waals surface area contributed by atoms with Gasteiger partial charge in [0.2, 0.25) is 5.91 Å². The predicted octanol–water partition coefficient (Wildman–Crippen LogP) is 0.942. The highest BCUT2D eigenvalue weighted by Gasteiger charge is 2.14. The fourth-order valence-corrected chi connectivity index (χ4v) is 1.06. The molecule has 0 aliphatic heterocycles. The van der Waals surface area contributed by atoms with Gasteiger partial charge in [-0.05, 0) is 12.1 Å². The SMILES string of the molecule is COc1cc(C(N)=O)cc(F)c1OC. The van der Waals surface area contributed by atoms with Crippen LogP contribution in [-0.2, 0) is 0 Å². The lowest BCUT2D eigenvalue weighted by Gasteiger charge is -2.09. The fraction of sp³-hybridized carbons (Fsp3) is 0.222. The van der Waals surface area contributed by atoms with E-state index in [1.807, 2.05) is 0 Å². The maximum Gasteiger partial charge on any atom is 0.248 e. The van der Waals surface area contributed by atoms with E-state index in [0.717, 1.165) is 6.07 Å². The summed E-state index contributed by atoms with van der Waals surface area (Å²) in [6, 6.07) is 2.33. The Hall–Kier alpha value is -1.78. The molecule has 0 spiro atoms. The molecule has 0 radical (unpaired) electrons. The van der Waals surface area contributed by atoms with Gasteiger partial charge in [-0.25, -0.2) is 4.39 Å². The molecular weight excluding hydrogens is 189 g/mol. The first kappa shape index (κ1) is 10.3. The number of carbonyl (C=O) groups excluding carboxylic acids is 1. The van der Waals surface area contributed by atoms with Crippen molar-refractivity contribution >= 4 is 5.91 Å². The van der Waals surface area contributed by atoms with E-state index in [9.17, 15) is 9.18 Å². The molecule has 1 aromatic carbocycles. The Bertz CT molecular complexity index is 365. The first-order chi connectivity index (χ1) is 6.60. The number of carbonyl (C=O) groups is 1. The molecule has 2 N–H and O–H groups in total. The zero-order valence-electron chi connectivity index (χ0n) is 7.83. The van der Waals surface area contributed by atoms with Crippen LogP contribution in [0.3, 0.4) is 0 Å². The van der Waals surface area contributed by atoms with Gasteiger partial charge in [-0.2, -0.15) is 0 Å². The van der Waals surface area contributed by atoms with Crippen LogP contribution in [0.2, 0.25) is 0 Å². The molecule has 0 heterocycles. The summed E-state index contributed by atoms with van der Waals surface area (Å²) in [4.78, 5) is 10.8. The molecule has 0 aliphatic carbocycles. The van der Waals surface area contributed by atoms with Crippen molar-refractivity contribution in [3.8, 4) is 11.5 Å². The normalized spacial score (nSPS) is 9.64. The molecule has 1 aromatic rings. The summed E-state index contributed by atoms with van der Waals surface area (Å²) in [5.74, 6) is -1.30. The van der Waals surface area contributed by atoms with Gasteiger partial charge < -0.3 is 15.2 Å². The average molecular weight is 199 g/mol. The summed E-state index contributed by atoms with van der Waals surface area (Å²) in [5.41, 5.74) is 5.04. The van der Waals surface area contributed by atoms with Crippen molar-refractivity contribution in [3.63, 3.8) is 0 Å². The zero-order valence-corrected chi connectivity index (χ0v) is 7.83. The van der Waals surface area contributed by atoms with Crippen LogP contribution in [0.25, 0.3) is 0 Å². The molecule has 1 rings (SSSR count). The summed E-state index contributed by atoms with van der Waals surface area (Å²) in [6.07, 6.45) is 0. The molecule has 0 aromatic heterocycles. The lowest BCUT2D eigenvalue weighted by Crippen LogP contribution is -2.11. The van der Waals surface area contributed by atoms with Crippen LogP contribution in [0.1, 0.15) is 10.4 Å². The highest BCUT2D eigenvalue weighted by molar-refractivity contribution is 5.93. The number of ether oxygens (including phenoxy) is 2. The number of halogens is 1. The Kier molecular flexibility index (Phi) is 2.91. The maximum atomic E-state index is 13.2. The summed E-state index contributed by atoms with van der Waals surface area (Å²) in [7, 11) is 2.66. The molecule has 5 heteroatoms. The molecule has 0 saturated heterocycles. The van der Waals surface area contributed by atoms with E-state index in [-0.39, 0.29) is 17.1 Å². The second-order valence-corrected chi connectivity index (χ2v) is 2.56. The van der Waals surface area contributed by atoms with Gasteiger partial charge in [-0.1, -0.05) is 0 Å². The first-order valence-corrected chi connectivity index (χ1v) is 3.81. The van der Waals surface area contributed by atoms with Gasteiger partial charge in [0.15, 0.2) is 17.3 Å². The van der Waals surface area contributed by atoms with Gasteiger partial charge in [-0.3, -0.25) is 4.79 Å². The molecule has 0 fully saturated rings. The Morgan fingerprint density at radius 1 is 1.36 bits per heavy atom. The van der Waals surface area contributed by atoms with Crippen molar-refractivity contribution in [1.29, 1.82) is 0 Å². The third-order valence-electron chi connectivity index (χ3n) is 1.72. The van der Waals surface area contributed by atoms with E-state index in [0.29, 0.717) is 0 Å². The predicted molar refractivity (Wildman–Crippen MR) is 48.0 cm³/mol. The molecule has 0 atom stereocenters. The van der Waals surface area contributed by atoms with E-state index >= 15 is 0 Å². The van der Waals surface area contributed by atoms with Crippen molar-refractivity contribution in [2.75, 3.05) is 14.2 Å². The summed E-state index contributed by atoms with van der Waals surface area (Å²) in [6.45, 7) is 0. The Labute approximate surface area is 80.4 Å². The molecule has 0 saturated carbocycles. The number of amides is 1. The molecular formula is C9H10FNO3. The standard InChI is InChI=1S/C9H10FNO3/c1-13-7-4-5(9(11)12)3-6(10)8(7)14-2/h3-4H,1-2H3,(H2,11,12). The second kappa shape index (κ2) is 3.95. The maximum absolute atomic E-state index is 13.2. The molecule has 1 amide bonds.